The van der Waals surface area contributed by atoms with Crippen LogP contribution in [0.4, 0.5) is 0 Å². The summed E-state index contributed by atoms with van der Waals surface area (Å²) in [6.45, 7) is 12.7. The molecule has 4 aromatic rings. The van der Waals surface area contributed by atoms with E-state index in [0.717, 1.165) is 26.9 Å². The summed E-state index contributed by atoms with van der Waals surface area (Å²) in [5.41, 5.74) is 0.00819. The normalized spacial score (nSPS) is 17.7. The smallest absolute Gasteiger partial charge is 0.400 e. The van der Waals surface area contributed by atoms with Gasteiger partial charge >= 0.3 is 7.12 Å². The Bertz CT molecular complexity index is 1380. The molecule has 0 aromatic heterocycles. The summed E-state index contributed by atoms with van der Waals surface area (Å²) in [4.78, 5) is 0. The van der Waals surface area contributed by atoms with Gasteiger partial charge in [-0.2, -0.15) is 0 Å². The lowest BCUT2D eigenvalue weighted by Gasteiger charge is -2.32. The van der Waals surface area contributed by atoms with E-state index in [4.69, 9.17) is 9.31 Å². The van der Waals surface area contributed by atoms with Gasteiger partial charge in [0.05, 0.1) is 16.9 Å². The SMILES string of the molecule is C=C(B1OC(C)(C)C(C)(C)O1)C(c1cccc2ccccc12)P(=O)(c1ccccc1)c1ccccc1. The van der Waals surface area contributed by atoms with E-state index >= 15 is 4.57 Å². The van der Waals surface area contributed by atoms with Gasteiger partial charge in [0.1, 0.15) is 0 Å². The van der Waals surface area contributed by atoms with E-state index in [1.807, 2.05) is 107 Å². The molecular weight excluding hydrogens is 462 g/mol. The molecule has 182 valence electrons. The molecule has 1 aliphatic heterocycles. The Kier molecular flexibility index (Phi) is 6.33. The molecule has 1 aliphatic rings. The number of fused-ring (bicyclic) bond motifs is 1. The Labute approximate surface area is 214 Å². The highest BCUT2D eigenvalue weighted by molar-refractivity contribution is 7.79. The maximum Gasteiger partial charge on any atom is 0.491 e. The minimum Gasteiger partial charge on any atom is -0.400 e. The average Bonchev–Trinajstić information content (AvgIpc) is 3.11. The number of hydrogen-bond acceptors (Lipinski definition) is 3. The first-order chi connectivity index (χ1) is 17.1. The zero-order valence-electron chi connectivity index (χ0n) is 21.3. The summed E-state index contributed by atoms with van der Waals surface area (Å²) in [6, 6.07) is 34.0. The van der Waals surface area contributed by atoms with Gasteiger partial charge in [0, 0.05) is 10.6 Å². The van der Waals surface area contributed by atoms with Crippen molar-refractivity contribution >= 4 is 35.6 Å². The summed E-state index contributed by atoms with van der Waals surface area (Å²) in [5, 5.41) is 3.71. The molecular formula is C31H32BO3P. The molecule has 1 saturated heterocycles. The molecule has 1 unspecified atom stereocenters. The fourth-order valence-corrected chi connectivity index (χ4v) is 8.32. The summed E-state index contributed by atoms with van der Waals surface area (Å²) in [7, 11) is -4.01. The number of allylic oxidation sites excluding steroid dienone is 1. The molecule has 4 aromatic carbocycles. The van der Waals surface area contributed by atoms with Crippen LogP contribution in [0.5, 0.6) is 0 Å². The molecule has 5 rings (SSSR count). The maximum atomic E-state index is 15.7. The van der Waals surface area contributed by atoms with Crippen molar-refractivity contribution in [2.75, 3.05) is 0 Å². The molecule has 5 heteroatoms. The average molecular weight is 494 g/mol. The standard InChI is InChI=1S/C31H32BO3P/c1-23(32-34-30(2,3)31(4,5)35-32)29(28-22-14-16-24-15-12-13-21-27(24)28)36(33,25-17-8-6-9-18-25)26-19-10-7-11-20-26/h6-22,29H,1H2,2-5H3. The number of hydrogen-bond donors (Lipinski definition) is 0. The molecule has 0 N–H and O–H groups in total. The molecule has 0 bridgehead atoms. The molecule has 3 nitrogen and oxygen atoms in total. The summed E-state index contributed by atoms with van der Waals surface area (Å²) in [5.74, 6) is 0. The molecule has 0 spiro atoms. The van der Waals surface area contributed by atoms with Crippen LogP contribution in [0.15, 0.2) is 115 Å². The van der Waals surface area contributed by atoms with Gasteiger partial charge in [-0.15, -0.1) is 6.58 Å². The van der Waals surface area contributed by atoms with E-state index in [1.54, 1.807) is 0 Å². The Hall–Kier alpha value is -2.91. The van der Waals surface area contributed by atoms with E-state index < -0.39 is 31.1 Å². The second kappa shape index (κ2) is 9.19. The molecule has 1 heterocycles. The minimum absolute atomic E-state index is 0.534. The summed E-state index contributed by atoms with van der Waals surface area (Å²) in [6.07, 6.45) is 0. The zero-order chi connectivity index (χ0) is 25.6. The van der Waals surface area contributed by atoms with E-state index in [2.05, 4.69) is 30.8 Å². The van der Waals surface area contributed by atoms with Gasteiger partial charge in [-0.1, -0.05) is 103 Å². The predicted octanol–water partition coefficient (Wildman–Crippen LogP) is 7.08. The Morgan fingerprint density at radius 3 is 1.75 bits per heavy atom. The van der Waals surface area contributed by atoms with Crippen LogP contribution in [-0.4, -0.2) is 18.3 Å². The maximum absolute atomic E-state index is 15.7. The van der Waals surface area contributed by atoms with Gasteiger partial charge in [-0.05, 0) is 49.5 Å². The first-order valence-electron chi connectivity index (χ1n) is 12.4. The van der Waals surface area contributed by atoms with Gasteiger partial charge in [0.2, 0.25) is 0 Å². The number of rotatable bonds is 6. The van der Waals surface area contributed by atoms with Crippen LogP contribution in [0.2, 0.25) is 0 Å². The van der Waals surface area contributed by atoms with E-state index in [0.29, 0.717) is 5.47 Å². The Balaban J connectivity index is 1.79. The van der Waals surface area contributed by atoms with E-state index in [-0.39, 0.29) is 0 Å². The second-order valence-corrected chi connectivity index (χ2v) is 13.3. The molecule has 1 atom stereocenters. The first kappa shape index (κ1) is 24.8. The van der Waals surface area contributed by atoms with Crippen LogP contribution in [0, 0.1) is 0 Å². The van der Waals surface area contributed by atoms with Crippen molar-refractivity contribution in [3.05, 3.63) is 121 Å². The van der Waals surface area contributed by atoms with Crippen molar-refractivity contribution in [1.82, 2.24) is 0 Å². The zero-order valence-corrected chi connectivity index (χ0v) is 22.2. The van der Waals surface area contributed by atoms with Crippen LogP contribution >= 0.6 is 7.14 Å². The van der Waals surface area contributed by atoms with Crippen molar-refractivity contribution in [1.29, 1.82) is 0 Å². The fraction of sp³-hybridized carbons (Fsp3) is 0.226. The highest BCUT2D eigenvalue weighted by atomic mass is 31.2. The van der Waals surface area contributed by atoms with Gasteiger partial charge in [0.15, 0.2) is 7.14 Å². The first-order valence-corrected chi connectivity index (χ1v) is 14.2. The predicted molar refractivity (Wildman–Crippen MR) is 152 cm³/mol. The third-order valence-electron chi connectivity index (χ3n) is 7.67. The van der Waals surface area contributed by atoms with Crippen molar-refractivity contribution in [2.24, 2.45) is 0 Å². The van der Waals surface area contributed by atoms with Crippen LogP contribution in [0.3, 0.4) is 0 Å². The Morgan fingerprint density at radius 2 is 1.19 bits per heavy atom. The van der Waals surface area contributed by atoms with Crippen molar-refractivity contribution in [3.63, 3.8) is 0 Å². The molecule has 1 fully saturated rings. The van der Waals surface area contributed by atoms with Crippen molar-refractivity contribution in [3.8, 4) is 0 Å². The van der Waals surface area contributed by atoms with Crippen molar-refractivity contribution in [2.45, 2.75) is 44.6 Å². The lowest BCUT2D eigenvalue weighted by molar-refractivity contribution is 0.00578. The van der Waals surface area contributed by atoms with Gasteiger partial charge in [-0.3, -0.25) is 0 Å². The molecule has 0 aliphatic carbocycles. The van der Waals surface area contributed by atoms with Crippen LogP contribution in [0.25, 0.3) is 10.8 Å². The van der Waals surface area contributed by atoms with E-state index in [1.165, 1.54) is 0 Å². The van der Waals surface area contributed by atoms with Crippen LogP contribution in [-0.2, 0) is 13.9 Å². The third kappa shape index (κ3) is 4.08. The Morgan fingerprint density at radius 1 is 0.722 bits per heavy atom. The quantitative estimate of drug-likeness (QED) is 0.212. The molecule has 0 saturated carbocycles. The molecule has 0 radical (unpaired) electrons. The van der Waals surface area contributed by atoms with Crippen LogP contribution < -0.4 is 10.6 Å². The highest BCUT2D eigenvalue weighted by Gasteiger charge is 2.55. The highest BCUT2D eigenvalue weighted by Crippen LogP contribution is 2.62. The third-order valence-corrected chi connectivity index (χ3v) is 11.1. The fourth-order valence-electron chi connectivity index (χ4n) is 4.99. The minimum atomic E-state index is -3.31. The van der Waals surface area contributed by atoms with Gasteiger partial charge < -0.3 is 13.9 Å². The largest absolute Gasteiger partial charge is 0.491 e. The lowest BCUT2D eigenvalue weighted by atomic mass is 9.75. The summed E-state index contributed by atoms with van der Waals surface area (Å²) >= 11 is 0. The van der Waals surface area contributed by atoms with Gasteiger partial charge in [-0.25, -0.2) is 0 Å². The van der Waals surface area contributed by atoms with Crippen molar-refractivity contribution < 1.29 is 13.9 Å². The summed E-state index contributed by atoms with van der Waals surface area (Å²) < 4.78 is 28.6. The van der Waals surface area contributed by atoms with Crippen LogP contribution in [0.1, 0.15) is 38.9 Å². The molecule has 36 heavy (non-hydrogen) atoms. The second-order valence-electron chi connectivity index (χ2n) is 10.5. The number of benzene rings is 4. The monoisotopic (exact) mass is 494 g/mol. The topological polar surface area (TPSA) is 35.5 Å². The van der Waals surface area contributed by atoms with E-state index in [9.17, 15) is 0 Å². The molecule has 0 amide bonds. The van der Waals surface area contributed by atoms with Gasteiger partial charge in [0.25, 0.3) is 0 Å². The lowest BCUT2D eigenvalue weighted by Crippen LogP contribution is -2.41.